The van der Waals surface area contributed by atoms with Crippen molar-refractivity contribution in [2.24, 2.45) is 0 Å². The van der Waals surface area contributed by atoms with Gasteiger partial charge in [0, 0.05) is 24.3 Å². The second-order valence-corrected chi connectivity index (χ2v) is 8.19. The fourth-order valence-corrected chi connectivity index (χ4v) is 4.34. The first kappa shape index (κ1) is 20.4. The van der Waals surface area contributed by atoms with Crippen LogP contribution in [0.5, 0.6) is 0 Å². The number of nitro groups is 1. The summed E-state index contributed by atoms with van der Waals surface area (Å²) in [5.41, 5.74) is 4.63. The molecular weight excluding hydrogens is 414 g/mol. The van der Waals surface area contributed by atoms with E-state index < -0.39 is 4.92 Å². The van der Waals surface area contributed by atoms with Crippen LogP contribution in [-0.4, -0.2) is 25.6 Å². The van der Waals surface area contributed by atoms with Crippen LogP contribution in [-0.2, 0) is 4.79 Å². The summed E-state index contributed by atoms with van der Waals surface area (Å²) in [6.07, 6.45) is 2.97. The number of hydrogen-bond donors (Lipinski definition) is 1. The number of carbonyl (C=O) groups is 1. The lowest BCUT2D eigenvalue weighted by Gasteiger charge is -2.04. The van der Waals surface area contributed by atoms with E-state index in [1.165, 1.54) is 35.1 Å². The Labute approximate surface area is 182 Å². The molecule has 0 fully saturated rings. The van der Waals surface area contributed by atoms with Crippen molar-refractivity contribution in [2.75, 3.05) is 5.32 Å². The van der Waals surface area contributed by atoms with Gasteiger partial charge in [-0.3, -0.25) is 14.9 Å². The summed E-state index contributed by atoms with van der Waals surface area (Å²) >= 11 is 1.51. The lowest BCUT2D eigenvalue weighted by Crippen LogP contribution is -2.12. The molecule has 0 radical (unpaired) electrons. The summed E-state index contributed by atoms with van der Waals surface area (Å²) in [5.74, 6) is 0.178. The Hall–Kier alpha value is -3.85. The second-order valence-electron chi connectivity index (χ2n) is 7.18. The molecule has 0 saturated heterocycles. The van der Waals surface area contributed by atoms with Gasteiger partial charge in [0.2, 0.25) is 11.0 Å². The average Bonchev–Trinajstić information content (AvgIpc) is 3.30. The Kier molecular flexibility index (Phi) is 5.35. The Balaban J connectivity index is 1.57. The molecule has 0 atom stereocenters. The van der Waals surface area contributed by atoms with Gasteiger partial charge >= 0.3 is 0 Å². The molecule has 2 heterocycles. The fourth-order valence-electron chi connectivity index (χ4n) is 3.23. The highest BCUT2D eigenvalue weighted by molar-refractivity contribution is 7.20. The first-order chi connectivity index (χ1) is 14.8. The normalized spacial score (nSPS) is 11.3. The molecule has 1 amide bonds. The quantitative estimate of drug-likeness (QED) is 0.272. The van der Waals surface area contributed by atoms with Gasteiger partial charge in [0.05, 0.1) is 20.8 Å². The van der Waals surface area contributed by atoms with Gasteiger partial charge in [0.25, 0.3) is 5.69 Å². The maximum absolute atomic E-state index is 12.5. The van der Waals surface area contributed by atoms with Crippen LogP contribution < -0.4 is 5.32 Å². The third-order valence-corrected chi connectivity index (χ3v) is 5.59. The zero-order valence-electron chi connectivity index (χ0n) is 17.1. The second kappa shape index (κ2) is 8.11. The Morgan fingerprint density at radius 3 is 2.61 bits per heavy atom. The number of aryl methyl sites for hydroxylation is 3. The Morgan fingerprint density at radius 2 is 1.90 bits per heavy atom. The minimum Gasteiger partial charge on any atom is -0.307 e. The van der Waals surface area contributed by atoms with E-state index in [4.69, 9.17) is 4.98 Å². The predicted molar refractivity (Wildman–Crippen MR) is 122 cm³/mol. The van der Waals surface area contributed by atoms with Crippen LogP contribution in [0.4, 0.5) is 11.5 Å². The molecule has 31 heavy (non-hydrogen) atoms. The minimum atomic E-state index is -0.464. The van der Waals surface area contributed by atoms with Gasteiger partial charge in [0.1, 0.15) is 5.82 Å². The summed E-state index contributed by atoms with van der Waals surface area (Å²) in [6.45, 7) is 5.92. The molecule has 0 unspecified atom stereocenters. The number of hydrogen-bond acceptors (Lipinski definition) is 6. The molecule has 0 saturated carbocycles. The number of anilines is 1. The molecule has 0 aliphatic heterocycles. The molecule has 9 heteroatoms. The van der Waals surface area contributed by atoms with Crippen LogP contribution in [0.15, 0.2) is 48.5 Å². The molecule has 0 aliphatic rings. The smallest absolute Gasteiger partial charge is 0.269 e. The van der Waals surface area contributed by atoms with E-state index in [0.717, 1.165) is 21.5 Å². The van der Waals surface area contributed by atoms with Crippen LogP contribution in [0.25, 0.3) is 21.4 Å². The number of aromatic nitrogens is 3. The third-order valence-electron chi connectivity index (χ3n) is 4.61. The Morgan fingerprint density at radius 1 is 1.16 bits per heavy atom. The number of rotatable bonds is 5. The van der Waals surface area contributed by atoms with Crippen molar-refractivity contribution >= 4 is 45.0 Å². The number of benzene rings is 2. The first-order valence-electron chi connectivity index (χ1n) is 9.48. The molecule has 8 nitrogen and oxygen atoms in total. The number of non-ortho nitro benzene ring substituents is 1. The number of fused-ring (bicyclic) bond motifs is 1. The largest absolute Gasteiger partial charge is 0.307 e. The number of carbonyl (C=O) groups excluding carboxylic acids is 1. The molecule has 1 N–H and O–H groups in total. The predicted octanol–water partition coefficient (Wildman–Crippen LogP) is 4.97. The van der Waals surface area contributed by atoms with Gasteiger partial charge in [-0.2, -0.15) is 9.78 Å². The van der Waals surface area contributed by atoms with Crippen LogP contribution >= 0.6 is 11.3 Å². The van der Waals surface area contributed by atoms with Crippen molar-refractivity contribution in [1.82, 2.24) is 14.8 Å². The molecule has 2 aromatic carbocycles. The maximum Gasteiger partial charge on any atom is 0.269 e. The van der Waals surface area contributed by atoms with Crippen molar-refractivity contribution in [3.63, 3.8) is 0 Å². The Bertz CT molecular complexity index is 1340. The van der Waals surface area contributed by atoms with E-state index in [2.05, 4.69) is 22.5 Å². The molecular formula is C22H19N5O3S. The molecule has 4 aromatic rings. The van der Waals surface area contributed by atoms with Crippen LogP contribution in [0.1, 0.15) is 22.4 Å². The number of thiazole rings is 1. The van der Waals surface area contributed by atoms with Crippen molar-refractivity contribution in [3.05, 3.63) is 81.0 Å². The van der Waals surface area contributed by atoms with Crippen LogP contribution in [0.3, 0.4) is 0 Å². The fraction of sp³-hybridized carbons (Fsp3) is 0.136. The highest BCUT2D eigenvalue weighted by Gasteiger charge is 2.15. The van der Waals surface area contributed by atoms with Gasteiger partial charge in [-0.1, -0.05) is 17.4 Å². The van der Waals surface area contributed by atoms with Gasteiger partial charge in [0.15, 0.2) is 0 Å². The minimum absolute atomic E-state index is 0.00208. The summed E-state index contributed by atoms with van der Waals surface area (Å²) in [7, 11) is 0. The molecule has 0 spiro atoms. The van der Waals surface area contributed by atoms with E-state index in [9.17, 15) is 14.9 Å². The number of nitrogens with one attached hydrogen (secondary N) is 1. The molecule has 2 aromatic heterocycles. The average molecular weight is 433 g/mol. The van der Waals surface area contributed by atoms with E-state index in [1.54, 1.807) is 29.0 Å². The van der Waals surface area contributed by atoms with Crippen LogP contribution in [0, 0.1) is 30.9 Å². The molecule has 0 bridgehead atoms. The topological polar surface area (TPSA) is 103 Å². The summed E-state index contributed by atoms with van der Waals surface area (Å²) < 4.78 is 2.70. The molecule has 4 rings (SSSR count). The zero-order valence-corrected chi connectivity index (χ0v) is 17.9. The van der Waals surface area contributed by atoms with Gasteiger partial charge in [-0.15, -0.1) is 0 Å². The van der Waals surface area contributed by atoms with Crippen molar-refractivity contribution < 1.29 is 9.72 Å². The number of amides is 1. The summed E-state index contributed by atoms with van der Waals surface area (Å²) in [4.78, 5) is 27.4. The van der Waals surface area contributed by atoms with Crippen molar-refractivity contribution in [1.29, 1.82) is 0 Å². The third kappa shape index (κ3) is 4.36. The van der Waals surface area contributed by atoms with E-state index in [1.807, 2.05) is 20.8 Å². The van der Waals surface area contributed by atoms with E-state index in [0.29, 0.717) is 16.5 Å². The molecule has 156 valence electrons. The zero-order chi connectivity index (χ0) is 22.1. The number of nitrogens with zero attached hydrogens (tertiary/aromatic N) is 4. The standard InChI is InChI=1S/C22H19N5O3S/c1-13-10-14(2)21-18(11-13)31-22(24-21)26-19(12-15(3)25-26)23-20(28)9-6-16-4-7-17(8-5-16)27(29)30/h4-12H,1-3H3,(H,23,28)/b9-6+. The lowest BCUT2D eigenvalue weighted by atomic mass is 10.1. The van der Waals surface area contributed by atoms with E-state index in [-0.39, 0.29) is 11.6 Å². The highest BCUT2D eigenvalue weighted by Crippen LogP contribution is 2.30. The summed E-state index contributed by atoms with van der Waals surface area (Å²) in [5, 5.41) is 18.7. The van der Waals surface area contributed by atoms with Crippen molar-refractivity contribution in [3.8, 4) is 5.13 Å². The van der Waals surface area contributed by atoms with Gasteiger partial charge in [-0.05, 0) is 61.7 Å². The van der Waals surface area contributed by atoms with E-state index >= 15 is 0 Å². The molecule has 0 aliphatic carbocycles. The SMILES string of the molecule is Cc1cc(C)c2nc(-n3nc(C)cc3NC(=O)/C=C/c3ccc([N+](=O)[O-])cc3)sc2c1. The number of nitro benzene ring substituents is 1. The lowest BCUT2D eigenvalue weighted by molar-refractivity contribution is -0.384. The van der Waals surface area contributed by atoms with Crippen molar-refractivity contribution in [2.45, 2.75) is 20.8 Å². The maximum atomic E-state index is 12.5. The monoisotopic (exact) mass is 433 g/mol. The summed E-state index contributed by atoms with van der Waals surface area (Å²) in [6, 6.07) is 11.9. The first-order valence-corrected chi connectivity index (χ1v) is 10.3. The highest BCUT2D eigenvalue weighted by atomic mass is 32.1. The van der Waals surface area contributed by atoms with Gasteiger partial charge in [-0.25, -0.2) is 4.98 Å². The van der Waals surface area contributed by atoms with Gasteiger partial charge < -0.3 is 5.32 Å². The van der Waals surface area contributed by atoms with Crippen LogP contribution in [0.2, 0.25) is 0 Å².